The number of fused-ring (bicyclic) bond motifs is 2. The number of hydrogen-bond donors (Lipinski definition) is 2. The van der Waals surface area contributed by atoms with Gasteiger partial charge in [0.15, 0.2) is 0 Å². The van der Waals surface area contributed by atoms with Crippen LogP contribution >= 0.6 is 0 Å². The van der Waals surface area contributed by atoms with Crippen LogP contribution in [-0.4, -0.2) is 29.8 Å². The number of anilines is 3. The Kier molecular flexibility index (Phi) is 4.02. The Bertz CT molecular complexity index is 767. The topological polar surface area (TPSA) is 61.4 Å². The molecule has 23 heavy (non-hydrogen) atoms. The number of benzene rings is 2. The van der Waals surface area contributed by atoms with E-state index in [0.29, 0.717) is 29.9 Å². The van der Waals surface area contributed by atoms with Crippen LogP contribution in [0.4, 0.5) is 17.1 Å². The van der Waals surface area contributed by atoms with Gasteiger partial charge < -0.3 is 15.5 Å². The van der Waals surface area contributed by atoms with Gasteiger partial charge in [0.1, 0.15) is 0 Å². The fourth-order valence-corrected chi connectivity index (χ4v) is 2.71. The molecular weight excluding hydrogens is 290 g/mol. The number of carbonyl (C=O) groups excluding carboxylic acids is 2. The summed E-state index contributed by atoms with van der Waals surface area (Å²) in [5.41, 5.74) is 3.30. The molecule has 1 heterocycles. The predicted octanol–water partition coefficient (Wildman–Crippen LogP) is 3.48. The molecule has 0 unspecified atom stereocenters. The molecule has 0 saturated carbocycles. The second kappa shape index (κ2) is 6.12. The van der Waals surface area contributed by atoms with Gasteiger partial charge in [-0.05, 0) is 44.2 Å². The van der Waals surface area contributed by atoms with Gasteiger partial charge in [-0.3, -0.25) is 9.59 Å². The van der Waals surface area contributed by atoms with E-state index >= 15 is 0 Å². The predicted molar refractivity (Wildman–Crippen MR) is 91.4 cm³/mol. The van der Waals surface area contributed by atoms with Crippen molar-refractivity contribution in [2.24, 2.45) is 0 Å². The Hall–Kier alpha value is -2.82. The molecule has 2 N–H and O–H groups in total. The lowest BCUT2D eigenvalue weighted by Gasteiger charge is -2.19. The summed E-state index contributed by atoms with van der Waals surface area (Å²) in [7, 11) is 0. The van der Waals surface area contributed by atoms with Crippen LogP contribution < -0.4 is 10.6 Å². The summed E-state index contributed by atoms with van der Waals surface area (Å²) in [5, 5.41) is 6.13. The standard InChI is InChI=1S/C18H19N3O2/c1-3-21(4-2)18(23)12-9-10-15-16(11-12)20-17(22)13-7-5-6-8-14(13)19-15/h5-11,19H,3-4H2,1-2H3,(H,20,22). The minimum atomic E-state index is -0.181. The second-order valence-corrected chi connectivity index (χ2v) is 5.36. The maximum atomic E-state index is 12.5. The van der Waals surface area contributed by atoms with Crippen LogP contribution in [0.3, 0.4) is 0 Å². The molecule has 0 spiro atoms. The molecule has 5 heteroatoms. The van der Waals surface area contributed by atoms with Gasteiger partial charge in [-0.15, -0.1) is 0 Å². The lowest BCUT2D eigenvalue weighted by atomic mass is 10.1. The summed E-state index contributed by atoms with van der Waals surface area (Å²) in [5.74, 6) is -0.215. The number of nitrogens with zero attached hydrogens (tertiary/aromatic N) is 1. The van der Waals surface area contributed by atoms with Crippen molar-refractivity contribution in [1.82, 2.24) is 4.90 Å². The molecule has 2 aromatic rings. The molecule has 118 valence electrons. The molecule has 0 saturated heterocycles. The number of rotatable bonds is 3. The molecule has 3 rings (SSSR count). The van der Waals surface area contributed by atoms with Gasteiger partial charge in [0, 0.05) is 18.7 Å². The number of carbonyl (C=O) groups is 2. The molecule has 0 radical (unpaired) electrons. The zero-order valence-corrected chi connectivity index (χ0v) is 13.2. The zero-order chi connectivity index (χ0) is 16.4. The highest BCUT2D eigenvalue weighted by Gasteiger charge is 2.20. The molecule has 5 nitrogen and oxygen atoms in total. The fourth-order valence-electron chi connectivity index (χ4n) is 2.71. The van der Waals surface area contributed by atoms with Crippen molar-refractivity contribution in [1.29, 1.82) is 0 Å². The highest BCUT2D eigenvalue weighted by Crippen LogP contribution is 2.32. The lowest BCUT2D eigenvalue weighted by molar-refractivity contribution is 0.0772. The molecule has 1 aliphatic heterocycles. The Balaban J connectivity index is 1.98. The second-order valence-electron chi connectivity index (χ2n) is 5.36. The fraction of sp³-hybridized carbons (Fsp3) is 0.222. The van der Waals surface area contributed by atoms with Gasteiger partial charge in [0.2, 0.25) is 0 Å². The van der Waals surface area contributed by atoms with Crippen molar-refractivity contribution >= 4 is 28.9 Å². The number of nitrogens with one attached hydrogen (secondary N) is 2. The third kappa shape index (κ3) is 2.77. The van der Waals surface area contributed by atoms with Crippen LogP contribution in [0.25, 0.3) is 0 Å². The number of hydrogen-bond acceptors (Lipinski definition) is 3. The van der Waals surface area contributed by atoms with Gasteiger partial charge in [-0.25, -0.2) is 0 Å². The largest absolute Gasteiger partial charge is 0.353 e. The quantitative estimate of drug-likeness (QED) is 0.912. The Morgan fingerprint density at radius 2 is 1.70 bits per heavy atom. The zero-order valence-electron chi connectivity index (χ0n) is 13.2. The van der Waals surface area contributed by atoms with E-state index in [-0.39, 0.29) is 11.8 Å². The number of amides is 2. The number of para-hydroxylation sites is 1. The molecule has 2 aromatic carbocycles. The SMILES string of the molecule is CCN(CC)C(=O)c1ccc2c(c1)NC(=O)c1ccccc1N2. The van der Waals surface area contributed by atoms with Crippen LogP contribution in [0.1, 0.15) is 34.6 Å². The van der Waals surface area contributed by atoms with E-state index in [1.165, 1.54) is 0 Å². The summed E-state index contributed by atoms with van der Waals surface area (Å²) in [4.78, 5) is 26.6. The first-order valence-electron chi connectivity index (χ1n) is 7.74. The first kappa shape index (κ1) is 15.1. The van der Waals surface area contributed by atoms with Gasteiger partial charge >= 0.3 is 0 Å². The van der Waals surface area contributed by atoms with Crippen LogP contribution in [0.2, 0.25) is 0 Å². The minimum absolute atomic E-state index is 0.0335. The Morgan fingerprint density at radius 3 is 2.43 bits per heavy atom. The highest BCUT2D eigenvalue weighted by atomic mass is 16.2. The minimum Gasteiger partial charge on any atom is -0.353 e. The Labute approximate surface area is 135 Å². The molecule has 0 aliphatic carbocycles. The maximum absolute atomic E-state index is 12.5. The van der Waals surface area contributed by atoms with Crippen molar-refractivity contribution in [3.05, 3.63) is 53.6 Å². The van der Waals surface area contributed by atoms with E-state index in [1.54, 1.807) is 23.1 Å². The van der Waals surface area contributed by atoms with Gasteiger partial charge in [0.25, 0.3) is 11.8 Å². The van der Waals surface area contributed by atoms with Gasteiger partial charge in [-0.2, -0.15) is 0 Å². The van der Waals surface area contributed by atoms with E-state index < -0.39 is 0 Å². The summed E-state index contributed by atoms with van der Waals surface area (Å²) < 4.78 is 0. The van der Waals surface area contributed by atoms with Crippen molar-refractivity contribution < 1.29 is 9.59 Å². The molecule has 1 aliphatic rings. The summed E-state index contributed by atoms with van der Waals surface area (Å²) in [6.07, 6.45) is 0. The summed E-state index contributed by atoms with van der Waals surface area (Å²) in [6.45, 7) is 5.21. The average molecular weight is 309 g/mol. The Morgan fingerprint density at radius 1 is 0.957 bits per heavy atom. The van der Waals surface area contributed by atoms with Crippen LogP contribution in [-0.2, 0) is 0 Å². The van der Waals surface area contributed by atoms with E-state index in [0.717, 1.165) is 11.4 Å². The summed E-state index contributed by atoms with van der Waals surface area (Å²) in [6, 6.07) is 12.7. The van der Waals surface area contributed by atoms with E-state index in [9.17, 15) is 9.59 Å². The third-order valence-electron chi connectivity index (χ3n) is 4.01. The average Bonchev–Trinajstić information content (AvgIpc) is 2.71. The van der Waals surface area contributed by atoms with Crippen LogP contribution in [0.15, 0.2) is 42.5 Å². The van der Waals surface area contributed by atoms with Crippen LogP contribution in [0, 0.1) is 0 Å². The van der Waals surface area contributed by atoms with E-state index in [2.05, 4.69) is 10.6 Å². The maximum Gasteiger partial charge on any atom is 0.257 e. The lowest BCUT2D eigenvalue weighted by Crippen LogP contribution is -2.30. The van der Waals surface area contributed by atoms with Crippen molar-refractivity contribution in [2.45, 2.75) is 13.8 Å². The van der Waals surface area contributed by atoms with Gasteiger partial charge in [-0.1, -0.05) is 12.1 Å². The molecule has 2 amide bonds. The van der Waals surface area contributed by atoms with Crippen molar-refractivity contribution in [3.8, 4) is 0 Å². The van der Waals surface area contributed by atoms with Crippen molar-refractivity contribution in [2.75, 3.05) is 23.7 Å². The van der Waals surface area contributed by atoms with Crippen molar-refractivity contribution in [3.63, 3.8) is 0 Å². The normalized spacial score (nSPS) is 12.3. The molecule has 0 fully saturated rings. The molecule has 0 bridgehead atoms. The van der Waals surface area contributed by atoms with E-state index in [1.807, 2.05) is 38.1 Å². The van der Waals surface area contributed by atoms with Crippen LogP contribution in [0.5, 0.6) is 0 Å². The monoisotopic (exact) mass is 309 g/mol. The van der Waals surface area contributed by atoms with E-state index in [4.69, 9.17) is 0 Å². The third-order valence-corrected chi connectivity index (χ3v) is 4.01. The smallest absolute Gasteiger partial charge is 0.257 e. The molecular formula is C18H19N3O2. The highest BCUT2D eigenvalue weighted by molar-refractivity contribution is 6.12. The summed E-state index contributed by atoms with van der Waals surface area (Å²) >= 11 is 0. The first-order chi connectivity index (χ1) is 11.1. The van der Waals surface area contributed by atoms with Gasteiger partial charge in [0.05, 0.1) is 22.6 Å². The molecule has 0 atom stereocenters. The first-order valence-corrected chi connectivity index (χ1v) is 7.74. The molecule has 0 aromatic heterocycles.